The lowest BCUT2D eigenvalue weighted by atomic mass is 9.90. The SMILES string of the molecule is CC1C=CC=C(c2ccc(-c3cc(-c4cccc(-n5c6ccccc6c6ccccc65)c4)nc(-c4cccc(-n5c6ccccc6c6ccccc65)c4)c3)cc2)C1. The first-order valence-corrected chi connectivity index (χ1v) is 19.8. The number of hydrogen-bond acceptors (Lipinski definition) is 1. The Morgan fingerprint density at radius 1 is 0.421 bits per heavy atom. The molecule has 1 aliphatic carbocycles. The van der Waals surface area contributed by atoms with Crippen molar-refractivity contribution in [2.45, 2.75) is 13.3 Å². The summed E-state index contributed by atoms with van der Waals surface area (Å²) in [6, 6.07) is 66.0. The molecule has 3 nitrogen and oxygen atoms in total. The maximum absolute atomic E-state index is 5.46. The van der Waals surface area contributed by atoms with Gasteiger partial charge in [0.05, 0.1) is 33.5 Å². The molecule has 0 radical (unpaired) electrons. The number of aromatic nitrogens is 3. The highest BCUT2D eigenvalue weighted by Crippen LogP contribution is 2.37. The van der Waals surface area contributed by atoms with Crippen molar-refractivity contribution in [1.82, 2.24) is 14.1 Å². The van der Waals surface area contributed by atoms with Gasteiger partial charge in [0.2, 0.25) is 0 Å². The topological polar surface area (TPSA) is 22.8 Å². The van der Waals surface area contributed by atoms with E-state index in [1.165, 1.54) is 60.3 Å². The quantitative estimate of drug-likeness (QED) is 0.167. The van der Waals surface area contributed by atoms with Crippen LogP contribution in [-0.2, 0) is 0 Å². The summed E-state index contributed by atoms with van der Waals surface area (Å²) >= 11 is 0. The van der Waals surface area contributed by atoms with Crippen molar-refractivity contribution >= 4 is 49.2 Å². The molecule has 1 unspecified atom stereocenters. The second-order valence-electron chi connectivity index (χ2n) is 15.3. The molecule has 7 aromatic carbocycles. The van der Waals surface area contributed by atoms with Gasteiger partial charge in [-0.3, -0.25) is 0 Å². The average Bonchev–Trinajstić information content (AvgIpc) is 3.80. The fourth-order valence-electron chi connectivity index (χ4n) is 8.94. The first-order valence-electron chi connectivity index (χ1n) is 19.8. The molecule has 270 valence electrons. The Morgan fingerprint density at radius 3 is 1.32 bits per heavy atom. The number of nitrogens with zero attached hydrogens (tertiary/aromatic N) is 3. The van der Waals surface area contributed by atoms with Crippen molar-refractivity contribution in [2.75, 3.05) is 0 Å². The third kappa shape index (κ3) is 5.70. The van der Waals surface area contributed by atoms with Crippen LogP contribution in [0.2, 0.25) is 0 Å². The molecule has 0 fully saturated rings. The van der Waals surface area contributed by atoms with Crippen LogP contribution in [0.25, 0.3) is 94.2 Å². The number of pyridine rings is 1. The molecule has 3 heteroatoms. The second-order valence-corrected chi connectivity index (χ2v) is 15.3. The summed E-state index contributed by atoms with van der Waals surface area (Å²) in [5.41, 5.74) is 16.0. The molecular weight excluding hydrogens is 691 g/mol. The zero-order chi connectivity index (χ0) is 37.9. The molecule has 0 bridgehead atoms. The largest absolute Gasteiger partial charge is 0.309 e. The molecule has 0 N–H and O–H groups in total. The lowest BCUT2D eigenvalue weighted by Crippen LogP contribution is -1.98. The zero-order valence-corrected chi connectivity index (χ0v) is 31.7. The van der Waals surface area contributed by atoms with Crippen LogP contribution in [0.1, 0.15) is 18.9 Å². The number of fused-ring (bicyclic) bond motifs is 6. The third-order valence-electron chi connectivity index (χ3n) is 11.7. The molecule has 0 aliphatic heterocycles. The second kappa shape index (κ2) is 13.5. The van der Waals surface area contributed by atoms with Gasteiger partial charge in [0.15, 0.2) is 0 Å². The Kier molecular flexibility index (Phi) is 7.85. The summed E-state index contributed by atoms with van der Waals surface area (Å²) in [4.78, 5) is 5.46. The van der Waals surface area contributed by atoms with Gasteiger partial charge in [-0.2, -0.15) is 0 Å². The minimum atomic E-state index is 0.548. The van der Waals surface area contributed by atoms with Crippen LogP contribution >= 0.6 is 0 Å². The average molecular weight is 730 g/mol. The van der Waals surface area contributed by atoms with E-state index in [1.807, 2.05) is 0 Å². The monoisotopic (exact) mass is 729 g/mol. The van der Waals surface area contributed by atoms with E-state index in [9.17, 15) is 0 Å². The van der Waals surface area contributed by atoms with Crippen molar-refractivity contribution in [2.24, 2.45) is 5.92 Å². The van der Waals surface area contributed by atoms with E-state index >= 15 is 0 Å². The minimum Gasteiger partial charge on any atom is -0.309 e. The molecule has 10 aromatic rings. The van der Waals surface area contributed by atoms with Crippen LogP contribution in [0, 0.1) is 5.92 Å². The molecule has 11 rings (SSSR count). The third-order valence-corrected chi connectivity index (χ3v) is 11.7. The van der Waals surface area contributed by atoms with Gasteiger partial charge < -0.3 is 9.13 Å². The smallest absolute Gasteiger partial charge is 0.0716 e. The van der Waals surface area contributed by atoms with Crippen LogP contribution in [-0.4, -0.2) is 14.1 Å². The van der Waals surface area contributed by atoms with Gasteiger partial charge in [0.25, 0.3) is 0 Å². The Bertz CT molecular complexity index is 2940. The van der Waals surface area contributed by atoms with Gasteiger partial charge in [-0.25, -0.2) is 4.98 Å². The van der Waals surface area contributed by atoms with Crippen molar-refractivity contribution in [3.8, 4) is 45.0 Å². The molecule has 1 atom stereocenters. The molecule has 3 heterocycles. The van der Waals surface area contributed by atoms with E-state index in [1.54, 1.807) is 0 Å². The summed E-state index contributed by atoms with van der Waals surface area (Å²) in [6.45, 7) is 2.28. The van der Waals surface area contributed by atoms with Crippen LogP contribution in [0.4, 0.5) is 0 Å². The Morgan fingerprint density at radius 2 is 0.860 bits per heavy atom. The van der Waals surface area contributed by atoms with Crippen molar-refractivity contribution in [1.29, 1.82) is 0 Å². The van der Waals surface area contributed by atoms with E-state index in [0.29, 0.717) is 5.92 Å². The fraction of sp³-hybridized carbons (Fsp3) is 0.0556. The Balaban J connectivity index is 1.08. The molecular formula is C54H39N3. The van der Waals surface area contributed by atoms with E-state index in [4.69, 9.17) is 4.98 Å². The minimum absolute atomic E-state index is 0.548. The Labute approximate surface area is 332 Å². The maximum Gasteiger partial charge on any atom is 0.0716 e. The first-order chi connectivity index (χ1) is 28.2. The van der Waals surface area contributed by atoms with E-state index in [2.05, 4.69) is 216 Å². The summed E-state index contributed by atoms with van der Waals surface area (Å²) in [5, 5.41) is 5.01. The summed E-state index contributed by atoms with van der Waals surface area (Å²) in [5.74, 6) is 0.548. The molecule has 0 saturated heterocycles. The zero-order valence-electron chi connectivity index (χ0n) is 31.7. The number of benzene rings is 7. The standard InChI is InChI=1S/C54H39N3/c1-36-13-10-14-39(31-36)37-27-29-38(30-28-37)42-34-49(40-15-11-17-43(32-40)56-51-23-6-2-19-45(51)46-20-3-7-24-52(46)56)55-50(35-42)41-16-12-18-44(33-41)57-53-25-8-4-21-47(53)48-22-5-9-26-54(48)57/h2-30,32-36H,31H2,1H3. The highest BCUT2D eigenvalue weighted by atomic mass is 15.0. The Hall–Kier alpha value is -7.23. The van der Waals surface area contributed by atoms with E-state index < -0.39 is 0 Å². The molecule has 1 aliphatic rings. The lowest BCUT2D eigenvalue weighted by molar-refractivity contribution is 0.749. The summed E-state index contributed by atoms with van der Waals surface area (Å²) in [7, 11) is 0. The van der Waals surface area contributed by atoms with Crippen molar-refractivity contribution in [3.05, 3.63) is 206 Å². The molecule has 0 amide bonds. The van der Waals surface area contributed by atoms with Gasteiger partial charge in [-0.1, -0.05) is 146 Å². The predicted octanol–water partition coefficient (Wildman–Crippen LogP) is 14.3. The van der Waals surface area contributed by atoms with Crippen LogP contribution in [0.3, 0.4) is 0 Å². The molecule has 0 spiro atoms. The van der Waals surface area contributed by atoms with Gasteiger partial charge in [0.1, 0.15) is 0 Å². The number of hydrogen-bond donors (Lipinski definition) is 0. The molecule has 0 saturated carbocycles. The number of allylic oxidation sites excluding steroid dienone is 4. The van der Waals surface area contributed by atoms with Crippen LogP contribution < -0.4 is 0 Å². The number of para-hydroxylation sites is 4. The van der Waals surface area contributed by atoms with Crippen molar-refractivity contribution < 1.29 is 0 Å². The van der Waals surface area contributed by atoms with Gasteiger partial charge in [0, 0.05) is 44.0 Å². The van der Waals surface area contributed by atoms with Gasteiger partial charge in [-0.05, 0) is 95.3 Å². The van der Waals surface area contributed by atoms with Crippen LogP contribution in [0.5, 0.6) is 0 Å². The normalized spacial score (nSPS) is 14.2. The van der Waals surface area contributed by atoms with Gasteiger partial charge >= 0.3 is 0 Å². The molecule has 3 aromatic heterocycles. The first kappa shape index (κ1) is 33.1. The van der Waals surface area contributed by atoms with E-state index in [0.717, 1.165) is 45.9 Å². The lowest BCUT2D eigenvalue weighted by Gasteiger charge is -2.16. The summed E-state index contributed by atoms with van der Waals surface area (Å²) in [6.07, 6.45) is 7.79. The van der Waals surface area contributed by atoms with Crippen molar-refractivity contribution in [3.63, 3.8) is 0 Å². The van der Waals surface area contributed by atoms with Gasteiger partial charge in [-0.15, -0.1) is 0 Å². The highest BCUT2D eigenvalue weighted by molar-refractivity contribution is 6.10. The van der Waals surface area contributed by atoms with E-state index in [-0.39, 0.29) is 0 Å². The summed E-state index contributed by atoms with van der Waals surface area (Å²) < 4.78 is 4.76. The predicted molar refractivity (Wildman–Crippen MR) is 240 cm³/mol. The molecule has 57 heavy (non-hydrogen) atoms. The number of rotatable bonds is 6. The van der Waals surface area contributed by atoms with Crippen LogP contribution in [0.15, 0.2) is 200 Å². The highest BCUT2D eigenvalue weighted by Gasteiger charge is 2.17. The fourth-order valence-corrected chi connectivity index (χ4v) is 8.94. The maximum atomic E-state index is 5.46.